The molecule has 1 rings (SSSR count). The Labute approximate surface area is 100 Å². The standard InChI is InChI=1S/C10H18N6O/c1-4-7-13-8(5-9(14-7)15-11)12-6-10(17)16(2)3/h5H,4,6,11H2,1-3H3,(H2,12,13,14,15). The molecule has 0 bridgehead atoms. The SMILES string of the molecule is CCc1nc(NN)cc(NCC(=O)N(C)C)n1. The molecule has 17 heavy (non-hydrogen) atoms. The first-order chi connectivity index (χ1) is 8.06. The number of hydrogen-bond acceptors (Lipinski definition) is 6. The van der Waals surface area contributed by atoms with Crippen molar-refractivity contribution >= 4 is 17.5 Å². The van der Waals surface area contributed by atoms with Crippen molar-refractivity contribution in [3.63, 3.8) is 0 Å². The maximum Gasteiger partial charge on any atom is 0.241 e. The molecule has 0 atom stereocenters. The molecular formula is C10H18N6O. The number of nitrogens with one attached hydrogen (secondary N) is 2. The average Bonchev–Trinajstić information content (AvgIpc) is 2.35. The number of nitrogen functional groups attached to an aromatic ring is 1. The zero-order valence-corrected chi connectivity index (χ0v) is 10.3. The molecule has 4 N–H and O–H groups in total. The summed E-state index contributed by atoms with van der Waals surface area (Å²) in [5, 5.41) is 2.94. The number of nitrogens with zero attached hydrogens (tertiary/aromatic N) is 3. The van der Waals surface area contributed by atoms with Gasteiger partial charge in [0.15, 0.2) is 0 Å². The summed E-state index contributed by atoms with van der Waals surface area (Å²) in [6.07, 6.45) is 0.700. The number of amides is 1. The van der Waals surface area contributed by atoms with Crippen molar-refractivity contribution in [3.8, 4) is 0 Å². The van der Waals surface area contributed by atoms with E-state index in [0.717, 1.165) is 0 Å². The fourth-order valence-corrected chi connectivity index (χ4v) is 1.14. The van der Waals surface area contributed by atoms with Crippen LogP contribution in [0, 0.1) is 0 Å². The number of likely N-dealkylation sites (N-methyl/N-ethyl adjacent to an activating group) is 1. The van der Waals surface area contributed by atoms with Crippen LogP contribution in [0.15, 0.2) is 6.07 Å². The van der Waals surface area contributed by atoms with Crippen LogP contribution in [0.25, 0.3) is 0 Å². The molecule has 7 nitrogen and oxygen atoms in total. The second-order valence-corrected chi connectivity index (χ2v) is 3.69. The van der Waals surface area contributed by atoms with Gasteiger partial charge in [-0.2, -0.15) is 0 Å². The second-order valence-electron chi connectivity index (χ2n) is 3.69. The molecule has 0 unspecified atom stereocenters. The Hall–Kier alpha value is -1.89. The highest BCUT2D eigenvalue weighted by molar-refractivity contribution is 5.80. The Morgan fingerprint density at radius 1 is 1.41 bits per heavy atom. The molecule has 1 amide bonds. The molecule has 0 aromatic carbocycles. The van der Waals surface area contributed by atoms with Crippen LogP contribution in [0.4, 0.5) is 11.6 Å². The van der Waals surface area contributed by atoms with Gasteiger partial charge in [0.2, 0.25) is 5.91 Å². The maximum atomic E-state index is 11.4. The molecule has 1 aromatic heterocycles. The summed E-state index contributed by atoms with van der Waals surface area (Å²) < 4.78 is 0. The van der Waals surface area contributed by atoms with Crippen LogP contribution in [0.5, 0.6) is 0 Å². The van der Waals surface area contributed by atoms with Gasteiger partial charge in [-0.15, -0.1) is 0 Å². The molecule has 0 saturated carbocycles. The van der Waals surface area contributed by atoms with Gasteiger partial charge in [-0.25, -0.2) is 15.8 Å². The fraction of sp³-hybridized carbons (Fsp3) is 0.500. The average molecular weight is 238 g/mol. The van der Waals surface area contributed by atoms with Crippen LogP contribution in [-0.2, 0) is 11.2 Å². The summed E-state index contributed by atoms with van der Waals surface area (Å²) in [5.74, 6) is 7.05. The molecule has 94 valence electrons. The predicted molar refractivity (Wildman–Crippen MR) is 66.4 cm³/mol. The first-order valence-electron chi connectivity index (χ1n) is 5.35. The van der Waals surface area contributed by atoms with E-state index in [0.29, 0.717) is 23.9 Å². The smallest absolute Gasteiger partial charge is 0.241 e. The summed E-state index contributed by atoms with van der Waals surface area (Å²) in [6, 6.07) is 1.65. The van der Waals surface area contributed by atoms with Crippen molar-refractivity contribution in [2.45, 2.75) is 13.3 Å². The first kappa shape index (κ1) is 13.2. The van der Waals surface area contributed by atoms with Gasteiger partial charge < -0.3 is 15.6 Å². The van der Waals surface area contributed by atoms with Crippen LogP contribution >= 0.6 is 0 Å². The summed E-state index contributed by atoms with van der Waals surface area (Å²) in [7, 11) is 3.41. The van der Waals surface area contributed by atoms with Gasteiger partial charge in [-0.3, -0.25) is 4.79 Å². The van der Waals surface area contributed by atoms with E-state index in [2.05, 4.69) is 20.7 Å². The van der Waals surface area contributed by atoms with Gasteiger partial charge in [0.1, 0.15) is 17.5 Å². The first-order valence-corrected chi connectivity index (χ1v) is 5.35. The zero-order valence-electron chi connectivity index (χ0n) is 10.3. The Kier molecular flexibility index (Phi) is 4.65. The molecule has 0 radical (unpaired) electrons. The Bertz CT molecular complexity index is 370. The minimum absolute atomic E-state index is 0.0241. The van der Waals surface area contributed by atoms with Crippen molar-refractivity contribution in [1.82, 2.24) is 14.9 Å². The monoisotopic (exact) mass is 238 g/mol. The lowest BCUT2D eigenvalue weighted by atomic mass is 10.4. The summed E-state index contributed by atoms with van der Waals surface area (Å²) in [5.41, 5.74) is 2.47. The van der Waals surface area contributed by atoms with Crippen molar-refractivity contribution < 1.29 is 4.79 Å². The molecule has 1 heterocycles. The highest BCUT2D eigenvalue weighted by Crippen LogP contribution is 2.10. The van der Waals surface area contributed by atoms with E-state index in [-0.39, 0.29) is 12.5 Å². The maximum absolute atomic E-state index is 11.4. The molecular weight excluding hydrogens is 220 g/mol. The third-order valence-corrected chi connectivity index (χ3v) is 2.16. The summed E-state index contributed by atoms with van der Waals surface area (Å²) >= 11 is 0. The molecule has 0 spiro atoms. The second kappa shape index (κ2) is 6.00. The summed E-state index contributed by atoms with van der Waals surface area (Å²) in [4.78, 5) is 21.3. The van der Waals surface area contributed by atoms with E-state index in [1.165, 1.54) is 4.90 Å². The molecule has 0 aliphatic carbocycles. The number of hydrazine groups is 1. The van der Waals surface area contributed by atoms with E-state index >= 15 is 0 Å². The van der Waals surface area contributed by atoms with E-state index in [4.69, 9.17) is 5.84 Å². The van der Waals surface area contributed by atoms with Crippen LogP contribution in [-0.4, -0.2) is 41.4 Å². The van der Waals surface area contributed by atoms with Crippen LogP contribution in [0.3, 0.4) is 0 Å². The molecule has 1 aromatic rings. The Balaban J connectivity index is 2.73. The van der Waals surface area contributed by atoms with Gasteiger partial charge in [0.25, 0.3) is 0 Å². The Morgan fingerprint density at radius 3 is 2.59 bits per heavy atom. The minimum atomic E-state index is -0.0241. The highest BCUT2D eigenvalue weighted by Gasteiger charge is 2.06. The normalized spacial score (nSPS) is 9.88. The van der Waals surface area contributed by atoms with E-state index in [1.807, 2.05) is 6.92 Å². The van der Waals surface area contributed by atoms with Crippen LogP contribution in [0.1, 0.15) is 12.7 Å². The van der Waals surface area contributed by atoms with Crippen molar-refractivity contribution in [2.24, 2.45) is 5.84 Å². The number of carbonyl (C=O) groups excluding carboxylic acids is 1. The number of hydrogen-bond donors (Lipinski definition) is 3. The van der Waals surface area contributed by atoms with Gasteiger partial charge in [-0.1, -0.05) is 6.92 Å². The third kappa shape index (κ3) is 3.87. The molecule has 0 aliphatic rings. The van der Waals surface area contributed by atoms with E-state index in [9.17, 15) is 4.79 Å². The van der Waals surface area contributed by atoms with Crippen molar-refractivity contribution in [2.75, 3.05) is 31.4 Å². The Morgan fingerprint density at radius 2 is 2.06 bits per heavy atom. The lowest BCUT2D eigenvalue weighted by Gasteiger charge is -2.12. The largest absolute Gasteiger partial charge is 0.361 e. The molecule has 0 saturated heterocycles. The number of aromatic nitrogens is 2. The zero-order chi connectivity index (χ0) is 12.8. The number of nitrogens with two attached hydrogens (primary N) is 1. The molecule has 0 aliphatic heterocycles. The summed E-state index contributed by atoms with van der Waals surface area (Å²) in [6.45, 7) is 2.14. The number of rotatable bonds is 5. The van der Waals surface area contributed by atoms with Crippen molar-refractivity contribution in [1.29, 1.82) is 0 Å². The molecule has 0 fully saturated rings. The number of aryl methyl sites for hydroxylation is 1. The van der Waals surface area contributed by atoms with Gasteiger partial charge >= 0.3 is 0 Å². The van der Waals surface area contributed by atoms with Crippen LogP contribution < -0.4 is 16.6 Å². The third-order valence-electron chi connectivity index (χ3n) is 2.16. The van der Waals surface area contributed by atoms with Gasteiger partial charge in [0, 0.05) is 26.6 Å². The van der Waals surface area contributed by atoms with Gasteiger partial charge in [-0.05, 0) is 0 Å². The predicted octanol–water partition coefficient (Wildman–Crippen LogP) is -0.175. The van der Waals surface area contributed by atoms with Crippen LogP contribution in [0.2, 0.25) is 0 Å². The quantitative estimate of drug-likeness (QED) is 0.486. The van der Waals surface area contributed by atoms with Gasteiger partial charge in [0.05, 0.1) is 6.54 Å². The molecule has 7 heteroatoms. The van der Waals surface area contributed by atoms with E-state index in [1.54, 1.807) is 20.2 Å². The fourth-order valence-electron chi connectivity index (χ4n) is 1.14. The van der Waals surface area contributed by atoms with E-state index < -0.39 is 0 Å². The lowest BCUT2D eigenvalue weighted by Crippen LogP contribution is -2.29. The van der Waals surface area contributed by atoms with Crippen molar-refractivity contribution in [3.05, 3.63) is 11.9 Å². The lowest BCUT2D eigenvalue weighted by molar-refractivity contribution is -0.126. The minimum Gasteiger partial charge on any atom is -0.361 e. The number of carbonyl (C=O) groups is 1. The highest BCUT2D eigenvalue weighted by atomic mass is 16.2. The topological polar surface area (TPSA) is 96.2 Å². The number of anilines is 2.